The predicted octanol–water partition coefficient (Wildman–Crippen LogP) is 3.30. The number of rotatable bonds is 4. The highest BCUT2D eigenvalue weighted by Gasteiger charge is 2.26. The first-order valence-electron chi connectivity index (χ1n) is 7.31. The van der Waals surface area contributed by atoms with Crippen molar-refractivity contribution in [1.82, 2.24) is 5.32 Å². The second kappa shape index (κ2) is 6.92. The average Bonchev–Trinajstić information content (AvgIpc) is 2.34. The van der Waals surface area contributed by atoms with Crippen LogP contribution in [0.25, 0.3) is 0 Å². The molecule has 0 aliphatic heterocycles. The van der Waals surface area contributed by atoms with Gasteiger partial charge in [-0.3, -0.25) is 4.79 Å². The minimum atomic E-state index is -0.522. The minimum absolute atomic E-state index is 0.0936. The number of nitrogens with one attached hydrogen (secondary N) is 1. The van der Waals surface area contributed by atoms with Crippen LogP contribution in [0.5, 0.6) is 0 Å². The molecular weight excluding hydrogens is 242 g/mol. The van der Waals surface area contributed by atoms with Crippen LogP contribution in [0.15, 0.2) is 0 Å². The van der Waals surface area contributed by atoms with E-state index in [9.17, 15) is 9.59 Å². The maximum absolute atomic E-state index is 12.0. The molecule has 1 N–H and O–H groups in total. The molecule has 1 amide bonds. The highest BCUT2D eigenvalue weighted by atomic mass is 16.6. The molecule has 0 spiro atoms. The summed E-state index contributed by atoms with van der Waals surface area (Å²) in [4.78, 5) is 23.5. The van der Waals surface area contributed by atoms with Gasteiger partial charge in [-0.25, -0.2) is 4.79 Å². The monoisotopic (exact) mass is 269 g/mol. The second-order valence-corrected chi connectivity index (χ2v) is 6.45. The zero-order valence-electron chi connectivity index (χ0n) is 12.6. The topological polar surface area (TPSA) is 55.4 Å². The summed E-state index contributed by atoms with van der Waals surface area (Å²) in [7, 11) is 0. The highest BCUT2D eigenvalue weighted by molar-refractivity contribution is 5.86. The Hall–Kier alpha value is -1.06. The molecule has 19 heavy (non-hydrogen) atoms. The Kier molecular flexibility index (Phi) is 5.83. The van der Waals surface area contributed by atoms with Crippen LogP contribution in [0, 0.1) is 11.8 Å². The summed E-state index contributed by atoms with van der Waals surface area (Å²) in [6.07, 6.45) is 4.90. The van der Waals surface area contributed by atoms with Gasteiger partial charge in [-0.05, 0) is 52.4 Å². The molecule has 0 aromatic rings. The van der Waals surface area contributed by atoms with E-state index in [0.29, 0.717) is 0 Å². The average molecular weight is 269 g/mol. The van der Waals surface area contributed by atoms with Crippen LogP contribution in [-0.4, -0.2) is 24.0 Å². The van der Waals surface area contributed by atoms with Crippen LogP contribution in [0.1, 0.15) is 59.8 Å². The van der Waals surface area contributed by atoms with Gasteiger partial charge in [0.2, 0.25) is 0 Å². The molecule has 110 valence electrons. The Morgan fingerprint density at radius 1 is 1.16 bits per heavy atom. The van der Waals surface area contributed by atoms with Crippen molar-refractivity contribution in [2.24, 2.45) is 11.8 Å². The molecule has 1 fully saturated rings. The van der Waals surface area contributed by atoms with Gasteiger partial charge in [-0.1, -0.05) is 13.3 Å². The lowest BCUT2D eigenvalue weighted by Gasteiger charge is -2.27. The zero-order chi connectivity index (χ0) is 14.5. The van der Waals surface area contributed by atoms with Gasteiger partial charge < -0.3 is 10.1 Å². The molecule has 1 aliphatic rings. The van der Waals surface area contributed by atoms with E-state index in [0.717, 1.165) is 31.6 Å². The Labute approximate surface area is 116 Å². The lowest BCUT2D eigenvalue weighted by Crippen LogP contribution is -2.37. The van der Waals surface area contributed by atoms with Crippen LogP contribution < -0.4 is 5.32 Å². The number of alkyl carbamates (subject to hydrolysis) is 1. The normalized spacial score (nSPS) is 23.8. The number of hydrogen-bond acceptors (Lipinski definition) is 3. The Morgan fingerprint density at radius 2 is 1.74 bits per heavy atom. The summed E-state index contributed by atoms with van der Waals surface area (Å²) in [5.74, 6) is 1.04. The largest absolute Gasteiger partial charge is 0.444 e. The molecule has 1 aliphatic carbocycles. The summed E-state index contributed by atoms with van der Waals surface area (Å²) in [5, 5.41) is 2.55. The molecule has 0 aromatic carbocycles. The number of ether oxygens (including phenoxy) is 1. The van der Waals surface area contributed by atoms with Crippen molar-refractivity contribution in [3.05, 3.63) is 0 Å². The Morgan fingerprint density at radius 3 is 2.21 bits per heavy atom. The number of carbonyl (C=O) groups excluding carboxylic acids is 2. The molecule has 0 unspecified atom stereocenters. The number of hydrogen-bond donors (Lipinski definition) is 1. The fourth-order valence-corrected chi connectivity index (χ4v) is 2.51. The molecule has 0 aromatic heterocycles. The quantitative estimate of drug-likeness (QED) is 0.852. The summed E-state index contributed by atoms with van der Waals surface area (Å²) in [5.41, 5.74) is -0.522. The summed E-state index contributed by atoms with van der Waals surface area (Å²) >= 11 is 0. The van der Waals surface area contributed by atoms with Crippen molar-refractivity contribution in [3.8, 4) is 0 Å². The van der Waals surface area contributed by atoms with Crippen LogP contribution in [0.3, 0.4) is 0 Å². The van der Waals surface area contributed by atoms with Crippen molar-refractivity contribution < 1.29 is 14.3 Å². The van der Waals surface area contributed by atoms with Gasteiger partial charge in [0, 0.05) is 5.92 Å². The molecule has 1 saturated carbocycles. The summed E-state index contributed by atoms with van der Waals surface area (Å²) < 4.78 is 5.11. The number of amides is 1. The molecule has 4 nitrogen and oxygen atoms in total. The van der Waals surface area contributed by atoms with Gasteiger partial charge in [-0.15, -0.1) is 0 Å². The fraction of sp³-hybridized carbons (Fsp3) is 0.867. The summed E-state index contributed by atoms with van der Waals surface area (Å²) in [6.45, 7) is 7.72. The van der Waals surface area contributed by atoms with Crippen LogP contribution >= 0.6 is 0 Å². The molecular formula is C15H27NO3. The van der Waals surface area contributed by atoms with E-state index in [-0.39, 0.29) is 18.2 Å². The predicted molar refractivity (Wildman–Crippen MR) is 75.0 cm³/mol. The van der Waals surface area contributed by atoms with Crippen LogP contribution in [-0.2, 0) is 9.53 Å². The van der Waals surface area contributed by atoms with Crippen molar-refractivity contribution >= 4 is 11.9 Å². The third-order valence-electron chi connectivity index (χ3n) is 3.69. The smallest absolute Gasteiger partial charge is 0.408 e. The standard InChI is InChI=1S/C15H27NO3/c1-5-11-6-8-12(9-7-11)13(17)10-16-14(18)19-15(2,3)4/h11-12H,5-10H2,1-4H3,(H,16,18). The molecule has 0 bridgehead atoms. The van der Waals surface area contributed by atoms with Crippen LogP contribution in [0.2, 0.25) is 0 Å². The first-order valence-corrected chi connectivity index (χ1v) is 7.31. The maximum Gasteiger partial charge on any atom is 0.408 e. The van der Waals surface area contributed by atoms with Crippen molar-refractivity contribution in [2.45, 2.75) is 65.4 Å². The van der Waals surface area contributed by atoms with Gasteiger partial charge in [0.05, 0.1) is 6.54 Å². The van der Waals surface area contributed by atoms with Gasteiger partial charge >= 0.3 is 6.09 Å². The van der Waals surface area contributed by atoms with Gasteiger partial charge in [-0.2, -0.15) is 0 Å². The number of Topliss-reactive ketones (excluding diaryl/α,β-unsaturated/α-hetero) is 1. The lowest BCUT2D eigenvalue weighted by atomic mass is 9.79. The molecule has 0 atom stereocenters. The van der Waals surface area contributed by atoms with Crippen LogP contribution in [0.4, 0.5) is 4.79 Å². The number of carbonyl (C=O) groups is 2. The van der Waals surface area contributed by atoms with E-state index < -0.39 is 11.7 Å². The van der Waals surface area contributed by atoms with Crippen molar-refractivity contribution in [2.75, 3.05) is 6.54 Å². The third kappa shape index (κ3) is 6.08. The minimum Gasteiger partial charge on any atom is -0.444 e. The third-order valence-corrected chi connectivity index (χ3v) is 3.69. The first-order chi connectivity index (χ1) is 8.81. The Bertz CT molecular complexity index is 312. The van der Waals surface area contributed by atoms with E-state index in [1.54, 1.807) is 20.8 Å². The van der Waals surface area contributed by atoms with Gasteiger partial charge in [0.15, 0.2) is 5.78 Å². The highest BCUT2D eigenvalue weighted by Crippen LogP contribution is 2.30. The first kappa shape index (κ1) is 16.0. The SMILES string of the molecule is CCC1CCC(C(=O)CNC(=O)OC(C)(C)C)CC1. The van der Waals surface area contributed by atoms with E-state index >= 15 is 0 Å². The Balaban J connectivity index is 2.27. The van der Waals surface area contributed by atoms with E-state index in [4.69, 9.17) is 4.74 Å². The van der Waals surface area contributed by atoms with E-state index in [1.807, 2.05) is 0 Å². The summed E-state index contributed by atoms with van der Waals surface area (Å²) in [6, 6.07) is 0. The maximum atomic E-state index is 12.0. The fourth-order valence-electron chi connectivity index (χ4n) is 2.51. The molecule has 4 heteroatoms. The second-order valence-electron chi connectivity index (χ2n) is 6.45. The van der Waals surface area contributed by atoms with Gasteiger partial charge in [0.1, 0.15) is 5.60 Å². The molecule has 0 saturated heterocycles. The molecule has 0 radical (unpaired) electrons. The van der Waals surface area contributed by atoms with E-state index in [2.05, 4.69) is 12.2 Å². The van der Waals surface area contributed by atoms with Crippen molar-refractivity contribution in [3.63, 3.8) is 0 Å². The van der Waals surface area contributed by atoms with E-state index in [1.165, 1.54) is 6.42 Å². The van der Waals surface area contributed by atoms with Crippen molar-refractivity contribution in [1.29, 1.82) is 0 Å². The molecule has 1 rings (SSSR count). The molecule has 0 heterocycles. The lowest BCUT2D eigenvalue weighted by molar-refractivity contribution is -0.123. The number of ketones is 1. The van der Waals surface area contributed by atoms with Gasteiger partial charge in [0.25, 0.3) is 0 Å². The zero-order valence-corrected chi connectivity index (χ0v) is 12.6.